The first-order chi connectivity index (χ1) is 7.58. The molecule has 0 saturated heterocycles. The predicted octanol–water partition coefficient (Wildman–Crippen LogP) is 4.54. The van der Waals surface area contributed by atoms with E-state index in [2.05, 4.69) is 25.3 Å². The van der Waals surface area contributed by atoms with Crippen LogP contribution in [0.1, 0.15) is 33.6 Å². The highest BCUT2D eigenvalue weighted by Gasteiger charge is 2.10. The van der Waals surface area contributed by atoms with E-state index < -0.39 is 9.21 Å². The molecule has 0 spiro atoms. The van der Waals surface area contributed by atoms with Gasteiger partial charge in [0.05, 0.1) is 0 Å². The third-order valence-electron chi connectivity index (χ3n) is 2.87. The fourth-order valence-corrected chi connectivity index (χ4v) is 4.59. The van der Waals surface area contributed by atoms with Crippen molar-refractivity contribution in [2.75, 3.05) is 6.26 Å². The Morgan fingerprint density at radius 3 is 2.56 bits per heavy atom. The fraction of sp³-hybridized carbons (Fsp3) is 0.429. The average Bonchev–Trinajstić information content (AvgIpc) is 2.29. The SMILES string of the molecule is C/C=C\C(CC)=S1(C)=C(F)C=CC(CC)=C1. The maximum atomic E-state index is 14.1. The standard InChI is InChI=1S/C14H21FS/c1-5-8-13(7-3)16(4)11-12(6-2)9-10-14(16)15/h5,8-11H,6-7H2,1-4H3/b8-5-. The Balaban J connectivity index is 3.59. The van der Waals surface area contributed by atoms with E-state index in [1.807, 2.05) is 25.3 Å². The Bertz CT molecular complexity index is 467. The average molecular weight is 240 g/mol. The Hall–Kier alpha value is -0.760. The largest absolute Gasteiger partial charge is 0.200 e. The highest BCUT2D eigenvalue weighted by Crippen LogP contribution is 2.34. The summed E-state index contributed by atoms with van der Waals surface area (Å²) in [6.45, 7) is 6.19. The molecule has 0 nitrogen and oxygen atoms in total. The van der Waals surface area contributed by atoms with E-state index in [4.69, 9.17) is 0 Å². The Kier molecular flexibility index (Phi) is 4.60. The molecule has 0 aromatic heterocycles. The van der Waals surface area contributed by atoms with Crippen molar-refractivity contribution in [2.45, 2.75) is 33.6 Å². The van der Waals surface area contributed by atoms with Crippen LogP contribution in [0.25, 0.3) is 0 Å². The minimum atomic E-state index is -1.50. The van der Waals surface area contributed by atoms with Gasteiger partial charge in [-0.25, -0.2) is 4.39 Å². The monoisotopic (exact) mass is 240 g/mol. The van der Waals surface area contributed by atoms with Crippen molar-refractivity contribution in [3.8, 4) is 0 Å². The third-order valence-corrected chi connectivity index (χ3v) is 6.11. The van der Waals surface area contributed by atoms with Crippen molar-refractivity contribution in [3.05, 3.63) is 35.3 Å². The molecular weight excluding hydrogens is 219 g/mol. The van der Waals surface area contributed by atoms with Gasteiger partial charge in [-0.1, -0.05) is 32.1 Å². The van der Waals surface area contributed by atoms with Gasteiger partial charge in [0.15, 0.2) is 0 Å². The highest BCUT2D eigenvalue weighted by molar-refractivity contribution is 8.32. The smallest absolute Gasteiger partial charge is 0.146 e. The van der Waals surface area contributed by atoms with Crippen molar-refractivity contribution < 1.29 is 4.39 Å². The van der Waals surface area contributed by atoms with Gasteiger partial charge >= 0.3 is 0 Å². The molecule has 1 aliphatic rings. The van der Waals surface area contributed by atoms with Crippen molar-refractivity contribution in [3.63, 3.8) is 0 Å². The first-order valence-corrected chi connectivity index (χ1v) is 7.87. The van der Waals surface area contributed by atoms with Gasteiger partial charge in [0, 0.05) is 0 Å². The number of hydrogen-bond acceptors (Lipinski definition) is 0. The van der Waals surface area contributed by atoms with E-state index in [-0.39, 0.29) is 5.12 Å². The van der Waals surface area contributed by atoms with Gasteiger partial charge in [0.1, 0.15) is 5.12 Å². The van der Waals surface area contributed by atoms with Crippen molar-refractivity contribution >= 4 is 19.2 Å². The molecular formula is C14H21FS. The lowest BCUT2D eigenvalue weighted by Crippen LogP contribution is -2.02. The molecule has 0 aromatic carbocycles. The first-order valence-electron chi connectivity index (χ1n) is 5.76. The van der Waals surface area contributed by atoms with Crippen LogP contribution in [-0.2, 0) is 0 Å². The lowest BCUT2D eigenvalue weighted by molar-refractivity contribution is 0.835. The van der Waals surface area contributed by atoms with E-state index >= 15 is 0 Å². The van der Waals surface area contributed by atoms with E-state index in [9.17, 15) is 4.39 Å². The molecule has 0 amide bonds. The van der Waals surface area contributed by atoms with Gasteiger partial charge in [-0.05, 0) is 47.9 Å². The molecule has 0 radical (unpaired) electrons. The topological polar surface area (TPSA) is 0 Å². The summed E-state index contributed by atoms with van der Waals surface area (Å²) in [4.78, 5) is 1.21. The molecule has 2 heteroatoms. The van der Waals surface area contributed by atoms with E-state index in [0.717, 1.165) is 12.8 Å². The molecule has 1 aliphatic heterocycles. The maximum Gasteiger partial charge on any atom is 0.146 e. The van der Waals surface area contributed by atoms with Crippen molar-refractivity contribution in [2.24, 2.45) is 0 Å². The zero-order valence-corrected chi connectivity index (χ0v) is 11.4. The van der Waals surface area contributed by atoms with Crippen LogP contribution in [0.5, 0.6) is 0 Å². The van der Waals surface area contributed by atoms with Gasteiger partial charge in [0.25, 0.3) is 0 Å². The first kappa shape index (κ1) is 13.3. The summed E-state index contributed by atoms with van der Waals surface area (Å²) in [7, 11) is -1.50. The molecule has 0 saturated carbocycles. The quantitative estimate of drug-likeness (QED) is 0.386. The molecule has 1 unspecified atom stereocenters. The Morgan fingerprint density at radius 1 is 1.38 bits per heavy atom. The van der Waals surface area contributed by atoms with Gasteiger partial charge in [-0.3, -0.25) is 0 Å². The summed E-state index contributed by atoms with van der Waals surface area (Å²) in [5.74, 6) is 0. The Labute approximate surface area is 99.0 Å². The molecule has 16 heavy (non-hydrogen) atoms. The van der Waals surface area contributed by atoms with Crippen LogP contribution < -0.4 is 0 Å². The third kappa shape index (κ3) is 2.49. The number of rotatable bonds is 3. The molecule has 0 fully saturated rings. The lowest BCUT2D eigenvalue weighted by Gasteiger charge is -2.18. The second-order valence-corrected chi connectivity index (χ2v) is 7.10. The minimum absolute atomic E-state index is 0.0275. The number of allylic oxidation sites excluding steroid dienone is 5. The fourth-order valence-electron chi connectivity index (χ4n) is 1.86. The normalized spacial score (nSPS) is 25.1. The van der Waals surface area contributed by atoms with Crippen LogP contribution in [0.3, 0.4) is 0 Å². The summed E-state index contributed by atoms with van der Waals surface area (Å²) in [6.07, 6.45) is 11.5. The second kappa shape index (κ2) is 5.53. The summed E-state index contributed by atoms with van der Waals surface area (Å²) in [5.41, 5.74) is 1.24. The van der Waals surface area contributed by atoms with Crippen LogP contribution in [0.15, 0.2) is 35.3 Å². The number of halogens is 1. The van der Waals surface area contributed by atoms with E-state index in [0.29, 0.717) is 0 Å². The van der Waals surface area contributed by atoms with Gasteiger partial charge < -0.3 is 0 Å². The van der Waals surface area contributed by atoms with Crippen LogP contribution in [-0.4, -0.2) is 16.2 Å². The van der Waals surface area contributed by atoms with Crippen molar-refractivity contribution in [1.82, 2.24) is 0 Å². The van der Waals surface area contributed by atoms with Crippen LogP contribution in [0.4, 0.5) is 4.39 Å². The maximum absolute atomic E-state index is 14.1. The molecule has 0 N–H and O–H groups in total. The second-order valence-electron chi connectivity index (χ2n) is 3.99. The van der Waals surface area contributed by atoms with E-state index in [1.54, 1.807) is 6.08 Å². The van der Waals surface area contributed by atoms with Gasteiger partial charge in [-0.2, -0.15) is 0 Å². The highest BCUT2D eigenvalue weighted by atomic mass is 32.2. The summed E-state index contributed by atoms with van der Waals surface area (Å²) >= 11 is 0. The zero-order valence-electron chi connectivity index (χ0n) is 10.6. The molecule has 1 heterocycles. The molecule has 0 aromatic rings. The van der Waals surface area contributed by atoms with Crippen molar-refractivity contribution in [1.29, 1.82) is 0 Å². The van der Waals surface area contributed by atoms with Gasteiger partial charge in [0.2, 0.25) is 0 Å². The summed E-state index contributed by atoms with van der Waals surface area (Å²) in [6, 6.07) is 0. The van der Waals surface area contributed by atoms with Crippen LogP contribution in [0.2, 0.25) is 0 Å². The predicted molar refractivity (Wildman–Crippen MR) is 77.3 cm³/mol. The molecule has 1 rings (SSSR count). The minimum Gasteiger partial charge on any atom is -0.200 e. The van der Waals surface area contributed by atoms with Gasteiger partial charge in [-0.15, -0.1) is 9.21 Å². The lowest BCUT2D eigenvalue weighted by atomic mass is 10.2. The zero-order chi connectivity index (χ0) is 12.2. The van der Waals surface area contributed by atoms with E-state index in [1.165, 1.54) is 10.4 Å². The molecule has 1 atom stereocenters. The van der Waals surface area contributed by atoms with Crippen LogP contribution in [0, 0.1) is 0 Å². The molecule has 0 bridgehead atoms. The summed E-state index contributed by atoms with van der Waals surface area (Å²) < 4.78 is 14.1. The Morgan fingerprint density at radius 2 is 2.06 bits per heavy atom. The summed E-state index contributed by atoms with van der Waals surface area (Å²) in [5, 5.41) is 2.17. The molecule has 0 aliphatic carbocycles. The molecule has 90 valence electrons. The van der Waals surface area contributed by atoms with Crippen LogP contribution >= 0.6 is 9.21 Å². The number of hydrogen-bond donors (Lipinski definition) is 0.